The molecule has 144 valence electrons. The summed E-state index contributed by atoms with van der Waals surface area (Å²) in [6.07, 6.45) is 2.48. The molecule has 5 nitrogen and oxygen atoms in total. The van der Waals surface area contributed by atoms with Gasteiger partial charge in [0.15, 0.2) is 0 Å². The number of ether oxygens (including phenoxy) is 1. The van der Waals surface area contributed by atoms with Crippen molar-refractivity contribution in [2.24, 2.45) is 0 Å². The number of hydrogen-bond acceptors (Lipinski definition) is 4. The molecule has 27 heavy (non-hydrogen) atoms. The van der Waals surface area contributed by atoms with Crippen LogP contribution in [-0.2, 0) is 4.79 Å². The molecule has 0 heterocycles. The van der Waals surface area contributed by atoms with E-state index in [1.807, 2.05) is 25.3 Å². The van der Waals surface area contributed by atoms with Crippen LogP contribution in [-0.4, -0.2) is 37.0 Å². The Labute approximate surface area is 168 Å². The first-order chi connectivity index (χ1) is 12.9. The number of rotatable bonds is 8. The average Bonchev–Trinajstić information content (AvgIpc) is 2.65. The van der Waals surface area contributed by atoms with E-state index >= 15 is 0 Å². The highest BCUT2D eigenvalue weighted by molar-refractivity contribution is 7.98. The van der Waals surface area contributed by atoms with E-state index in [1.54, 1.807) is 42.1 Å². The molecule has 2 rings (SSSR count). The SMILES string of the molecule is COc1ccc(NC(=O)C(CCSC)NC(=O)c2cccc(C)c2)cc1Cl. The number of nitrogens with one attached hydrogen (secondary N) is 2. The summed E-state index contributed by atoms with van der Waals surface area (Å²) < 4.78 is 5.11. The maximum absolute atomic E-state index is 12.7. The molecule has 0 bridgehead atoms. The van der Waals surface area contributed by atoms with Gasteiger partial charge in [-0.15, -0.1) is 0 Å². The second-order valence-electron chi connectivity index (χ2n) is 6.02. The summed E-state index contributed by atoms with van der Waals surface area (Å²) in [5.74, 6) is 0.718. The van der Waals surface area contributed by atoms with Crippen LogP contribution in [0.2, 0.25) is 5.02 Å². The maximum atomic E-state index is 12.7. The highest BCUT2D eigenvalue weighted by atomic mass is 35.5. The minimum atomic E-state index is -0.647. The van der Waals surface area contributed by atoms with Gasteiger partial charge in [0.05, 0.1) is 12.1 Å². The van der Waals surface area contributed by atoms with Crippen molar-refractivity contribution >= 4 is 40.9 Å². The second kappa shape index (κ2) is 10.2. The molecule has 1 atom stereocenters. The fourth-order valence-corrected chi connectivity index (χ4v) is 3.24. The number of amides is 2. The molecule has 0 saturated heterocycles. The van der Waals surface area contributed by atoms with Crippen molar-refractivity contribution in [1.29, 1.82) is 0 Å². The zero-order chi connectivity index (χ0) is 19.8. The van der Waals surface area contributed by atoms with Crippen molar-refractivity contribution in [1.82, 2.24) is 5.32 Å². The van der Waals surface area contributed by atoms with E-state index in [1.165, 1.54) is 7.11 Å². The Balaban J connectivity index is 2.11. The van der Waals surface area contributed by atoms with Gasteiger partial charge in [-0.2, -0.15) is 11.8 Å². The van der Waals surface area contributed by atoms with Crippen LogP contribution < -0.4 is 15.4 Å². The third kappa shape index (κ3) is 6.19. The topological polar surface area (TPSA) is 67.4 Å². The summed E-state index contributed by atoms with van der Waals surface area (Å²) in [6, 6.07) is 11.6. The first-order valence-electron chi connectivity index (χ1n) is 8.45. The van der Waals surface area contributed by atoms with Crippen molar-refractivity contribution in [3.63, 3.8) is 0 Å². The third-order valence-electron chi connectivity index (χ3n) is 3.93. The van der Waals surface area contributed by atoms with Crippen LogP contribution in [0.5, 0.6) is 5.75 Å². The molecule has 2 aromatic carbocycles. The number of methoxy groups -OCH3 is 1. The van der Waals surface area contributed by atoms with Crippen molar-refractivity contribution in [2.75, 3.05) is 24.4 Å². The van der Waals surface area contributed by atoms with E-state index in [4.69, 9.17) is 16.3 Å². The van der Waals surface area contributed by atoms with Gasteiger partial charge in [-0.1, -0.05) is 29.3 Å². The molecule has 0 aliphatic heterocycles. The van der Waals surface area contributed by atoms with E-state index in [9.17, 15) is 9.59 Å². The lowest BCUT2D eigenvalue weighted by Gasteiger charge is -2.19. The van der Waals surface area contributed by atoms with E-state index in [2.05, 4.69) is 10.6 Å². The van der Waals surface area contributed by atoms with Crippen LogP contribution in [0.4, 0.5) is 5.69 Å². The minimum absolute atomic E-state index is 0.271. The molecule has 0 saturated carbocycles. The number of benzene rings is 2. The highest BCUT2D eigenvalue weighted by Crippen LogP contribution is 2.27. The van der Waals surface area contributed by atoms with Gasteiger partial charge in [0.1, 0.15) is 11.8 Å². The van der Waals surface area contributed by atoms with Crippen molar-refractivity contribution < 1.29 is 14.3 Å². The van der Waals surface area contributed by atoms with Crippen LogP contribution in [0.15, 0.2) is 42.5 Å². The van der Waals surface area contributed by atoms with Gasteiger partial charge in [0.2, 0.25) is 5.91 Å². The molecule has 1 unspecified atom stereocenters. The predicted octanol–water partition coefficient (Wildman–Crippen LogP) is 4.15. The fraction of sp³-hybridized carbons (Fsp3) is 0.300. The molecule has 0 aliphatic rings. The summed E-state index contributed by atoms with van der Waals surface area (Å²) in [4.78, 5) is 25.2. The number of thioether (sulfide) groups is 1. The van der Waals surface area contributed by atoms with Gasteiger partial charge < -0.3 is 15.4 Å². The van der Waals surface area contributed by atoms with Crippen LogP contribution in [0.25, 0.3) is 0 Å². The van der Waals surface area contributed by atoms with Gasteiger partial charge in [-0.05, 0) is 55.7 Å². The Morgan fingerprint density at radius 2 is 2.00 bits per heavy atom. The Morgan fingerprint density at radius 3 is 2.63 bits per heavy atom. The van der Waals surface area contributed by atoms with Gasteiger partial charge in [-0.25, -0.2) is 0 Å². The number of halogens is 1. The van der Waals surface area contributed by atoms with Crippen LogP contribution in [0.1, 0.15) is 22.3 Å². The molecule has 7 heteroatoms. The predicted molar refractivity (Wildman–Crippen MR) is 112 cm³/mol. The standard InChI is InChI=1S/C20H23ClN2O3S/c1-13-5-4-6-14(11-13)19(24)23-17(9-10-27-3)20(25)22-15-7-8-18(26-2)16(21)12-15/h4-8,11-12,17H,9-10H2,1-3H3,(H,22,25)(H,23,24). The number of carbonyl (C=O) groups is 2. The smallest absolute Gasteiger partial charge is 0.251 e. The lowest BCUT2D eigenvalue weighted by Crippen LogP contribution is -2.44. The van der Waals surface area contributed by atoms with E-state index in [0.29, 0.717) is 28.4 Å². The van der Waals surface area contributed by atoms with Gasteiger partial charge in [0.25, 0.3) is 5.91 Å². The summed E-state index contributed by atoms with van der Waals surface area (Å²) in [5.41, 5.74) is 2.06. The minimum Gasteiger partial charge on any atom is -0.495 e. The third-order valence-corrected chi connectivity index (χ3v) is 4.87. The summed E-state index contributed by atoms with van der Waals surface area (Å²) in [7, 11) is 1.53. The zero-order valence-corrected chi connectivity index (χ0v) is 17.1. The summed E-state index contributed by atoms with van der Waals surface area (Å²) in [6.45, 7) is 1.92. The lowest BCUT2D eigenvalue weighted by molar-refractivity contribution is -0.118. The first kappa shape index (κ1) is 21.1. The number of anilines is 1. The highest BCUT2D eigenvalue weighted by Gasteiger charge is 2.21. The van der Waals surface area contributed by atoms with Crippen LogP contribution in [0.3, 0.4) is 0 Å². The van der Waals surface area contributed by atoms with Crippen molar-refractivity contribution in [2.45, 2.75) is 19.4 Å². The Kier molecular flexibility index (Phi) is 8.00. The fourth-order valence-electron chi connectivity index (χ4n) is 2.51. The Bertz CT molecular complexity index is 814. The molecule has 2 aromatic rings. The van der Waals surface area contributed by atoms with Crippen molar-refractivity contribution in [3.05, 3.63) is 58.6 Å². The molecule has 0 aromatic heterocycles. The van der Waals surface area contributed by atoms with Crippen LogP contribution >= 0.6 is 23.4 Å². The molecule has 0 aliphatic carbocycles. The monoisotopic (exact) mass is 406 g/mol. The summed E-state index contributed by atoms with van der Waals surface area (Å²) in [5, 5.41) is 6.04. The van der Waals surface area contributed by atoms with Gasteiger partial charge in [0, 0.05) is 11.3 Å². The normalized spacial score (nSPS) is 11.6. The average molecular weight is 407 g/mol. The molecule has 0 radical (unpaired) electrons. The number of aryl methyl sites for hydroxylation is 1. The Hall–Kier alpha value is -2.18. The maximum Gasteiger partial charge on any atom is 0.251 e. The Morgan fingerprint density at radius 1 is 1.22 bits per heavy atom. The largest absolute Gasteiger partial charge is 0.495 e. The molecule has 2 N–H and O–H groups in total. The van der Waals surface area contributed by atoms with E-state index in [-0.39, 0.29) is 11.8 Å². The molecular weight excluding hydrogens is 384 g/mol. The van der Waals surface area contributed by atoms with Crippen LogP contribution in [0, 0.1) is 6.92 Å². The van der Waals surface area contributed by atoms with Crippen molar-refractivity contribution in [3.8, 4) is 5.75 Å². The van der Waals surface area contributed by atoms with Gasteiger partial charge >= 0.3 is 0 Å². The lowest BCUT2D eigenvalue weighted by atomic mass is 10.1. The van der Waals surface area contributed by atoms with E-state index < -0.39 is 6.04 Å². The second-order valence-corrected chi connectivity index (χ2v) is 7.41. The molecule has 0 spiro atoms. The molecular formula is C20H23ClN2O3S. The summed E-state index contributed by atoms with van der Waals surface area (Å²) >= 11 is 7.72. The number of hydrogen-bond donors (Lipinski definition) is 2. The zero-order valence-electron chi connectivity index (χ0n) is 15.5. The quantitative estimate of drug-likeness (QED) is 0.691. The molecule has 0 fully saturated rings. The molecule has 2 amide bonds. The van der Waals surface area contributed by atoms with Gasteiger partial charge in [-0.3, -0.25) is 9.59 Å². The first-order valence-corrected chi connectivity index (χ1v) is 10.2. The number of carbonyl (C=O) groups excluding carboxylic acids is 2. The van der Waals surface area contributed by atoms with E-state index in [0.717, 1.165) is 11.3 Å².